The molecule has 0 bridgehead atoms. The highest BCUT2D eigenvalue weighted by atomic mass is 35.5. The van der Waals surface area contributed by atoms with Crippen molar-refractivity contribution in [1.82, 2.24) is 15.6 Å². The maximum Gasteiger partial charge on any atom is 0.417 e. The summed E-state index contributed by atoms with van der Waals surface area (Å²) in [5.41, 5.74) is -1.32. The quantitative estimate of drug-likeness (QED) is 0.265. The van der Waals surface area contributed by atoms with Crippen LogP contribution in [0.2, 0.25) is 5.02 Å². The molecule has 13 heteroatoms. The number of nitrogens with zero attached hydrogens (tertiary/aromatic N) is 2. The third-order valence-corrected chi connectivity index (χ3v) is 6.19. The summed E-state index contributed by atoms with van der Waals surface area (Å²) in [4.78, 5) is 42.4. The molecule has 2 N–H and O–H groups in total. The molecule has 3 aromatic rings. The van der Waals surface area contributed by atoms with Gasteiger partial charge in [-0.1, -0.05) is 23.7 Å². The number of anilines is 1. The standard InChI is InChI=1S/C30H32ClF3N4O5/c1-29(2,3)43-28(41)37-15-14-36-26(39)12-16-42-25-8-6-5-7-24(25)38(4)27(40)19-9-10-23(31)20(17-19)21-18-35-13-11-22(21)30(32,33)34/h5-11,13,17-18H,12,14-16H2,1-4H3,(H,36,39)(H,37,41). The molecule has 230 valence electrons. The molecule has 0 aliphatic carbocycles. The van der Waals surface area contributed by atoms with Crippen molar-refractivity contribution in [2.24, 2.45) is 0 Å². The van der Waals surface area contributed by atoms with E-state index in [9.17, 15) is 27.6 Å². The number of halogens is 4. The van der Waals surface area contributed by atoms with Gasteiger partial charge in [-0.25, -0.2) is 4.79 Å². The molecule has 0 saturated carbocycles. The molecule has 1 aromatic heterocycles. The highest BCUT2D eigenvalue weighted by Crippen LogP contribution is 2.39. The van der Waals surface area contributed by atoms with Crippen molar-refractivity contribution in [3.05, 3.63) is 77.1 Å². The van der Waals surface area contributed by atoms with Crippen molar-refractivity contribution in [3.8, 4) is 16.9 Å². The Bertz CT molecular complexity index is 1460. The lowest BCUT2D eigenvalue weighted by atomic mass is 9.99. The van der Waals surface area contributed by atoms with Gasteiger partial charge in [0.2, 0.25) is 5.91 Å². The Kier molecular flexibility index (Phi) is 11.0. The molecule has 0 fully saturated rings. The lowest BCUT2D eigenvalue weighted by molar-refractivity contribution is -0.137. The van der Waals surface area contributed by atoms with E-state index >= 15 is 0 Å². The summed E-state index contributed by atoms with van der Waals surface area (Å²) < 4.78 is 51.8. The van der Waals surface area contributed by atoms with Crippen LogP contribution in [0.1, 0.15) is 43.1 Å². The molecule has 0 spiro atoms. The summed E-state index contributed by atoms with van der Waals surface area (Å²) in [7, 11) is 1.49. The third kappa shape index (κ3) is 9.60. The van der Waals surface area contributed by atoms with Crippen LogP contribution < -0.4 is 20.3 Å². The predicted octanol–water partition coefficient (Wildman–Crippen LogP) is 6.11. The second-order valence-corrected chi connectivity index (χ2v) is 10.7. The number of pyridine rings is 1. The van der Waals surface area contributed by atoms with E-state index in [-0.39, 0.29) is 53.7 Å². The summed E-state index contributed by atoms with van der Waals surface area (Å²) in [5, 5.41) is 5.23. The number of benzene rings is 2. The highest BCUT2D eigenvalue weighted by Gasteiger charge is 2.34. The lowest BCUT2D eigenvalue weighted by Crippen LogP contribution is -2.38. The zero-order valence-electron chi connectivity index (χ0n) is 24.0. The van der Waals surface area contributed by atoms with Crippen molar-refractivity contribution in [2.75, 3.05) is 31.6 Å². The number of alkyl carbamates (subject to hydrolysis) is 1. The van der Waals surface area contributed by atoms with E-state index in [2.05, 4.69) is 15.6 Å². The van der Waals surface area contributed by atoms with Gasteiger partial charge in [0.25, 0.3) is 5.91 Å². The van der Waals surface area contributed by atoms with Crippen LogP contribution in [0.25, 0.3) is 11.1 Å². The molecule has 0 aliphatic heterocycles. The number of alkyl halides is 3. The fourth-order valence-corrected chi connectivity index (χ4v) is 4.12. The number of aromatic nitrogens is 1. The third-order valence-electron chi connectivity index (χ3n) is 5.86. The number of ether oxygens (including phenoxy) is 2. The van der Waals surface area contributed by atoms with E-state index < -0.39 is 29.3 Å². The highest BCUT2D eigenvalue weighted by molar-refractivity contribution is 6.33. The summed E-state index contributed by atoms with van der Waals surface area (Å²) in [5.74, 6) is -0.518. The minimum absolute atomic E-state index is 0.00328. The van der Waals surface area contributed by atoms with Crippen molar-refractivity contribution < 1.29 is 37.0 Å². The second-order valence-electron chi connectivity index (χ2n) is 10.3. The Labute approximate surface area is 252 Å². The molecule has 3 amide bonds. The van der Waals surface area contributed by atoms with Gasteiger partial charge in [0.05, 0.1) is 24.3 Å². The number of hydrogen-bond donors (Lipinski definition) is 2. The van der Waals surface area contributed by atoms with E-state index in [0.29, 0.717) is 11.4 Å². The molecule has 2 aromatic carbocycles. The number of para-hydroxylation sites is 2. The smallest absolute Gasteiger partial charge is 0.417 e. The van der Waals surface area contributed by atoms with Gasteiger partial charge in [0, 0.05) is 54.2 Å². The van der Waals surface area contributed by atoms with E-state index in [1.807, 2.05) is 0 Å². The molecule has 9 nitrogen and oxygen atoms in total. The Hall–Kier alpha value is -4.32. The average Bonchev–Trinajstić information content (AvgIpc) is 2.94. The molecule has 0 radical (unpaired) electrons. The number of carbonyl (C=O) groups excluding carboxylic acids is 3. The number of carbonyl (C=O) groups is 3. The van der Waals surface area contributed by atoms with Crippen LogP contribution in [0.5, 0.6) is 5.75 Å². The zero-order chi connectivity index (χ0) is 31.8. The predicted molar refractivity (Wildman–Crippen MR) is 156 cm³/mol. The van der Waals surface area contributed by atoms with E-state index in [1.54, 1.807) is 45.0 Å². The van der Waals surface area contributed by atoms with Crippen LogP contribution >= 0.6 is 11.6 Å². The average molecular weight is 621 g/mol. The maximum absolute atomic E-state index is 13.6. The molecule has 0 unspecified atom stereocenters. The molecule has 0 atom stereocenters. The maximum atomic E-state index is 13.6. The summed E-state index contributed by atoms with van der Waals surface area (Å²) >= 11 is 6.24. The van der Waals surface area contributed by atoms with Crippen molar-refractivity contribution in [3.63, 3.8) is 0 Å². The first-order chi connectivity index (χ1) is 20.2. The van der Waals surface area contributed by atoms with Crippen molar-refractivity contribution in [1.29, 1.82) is 0 Å². The molecule has 1 heterocycles. The van der Waals surface area contributed by atoms with Crippen LogP contribution in [0.3, 0.4) is 0 Å². The number of nitrogens with one attached hydrogen (secondary N) is 2. The summed E-state index contributed by atoms with van der Waals surface area (Å²) in [6.45, 7) is 5.60. The molecular formula is C30H32ClF3N4O5. The fourth-order valence-electron chi connectivity index (χ4n) is 3.90. The normalized spacial score (nSPS) is 11.4. The number of rotatable bonds is 10. The molecule has 3 rings (SSSR count). The monoisotopic (exact) mass is 620 g/mol. The van der Waals surface area contributed by atoms with E-state index in [0.717, 1.165) is 18.5 Å². The van der Waals surface area contributed by atoms with Crippen LogP contribution in [-0.2, 0) is 15.7 Å². The Morgan fingerprint density at radius 3 is 2.37 bits per heavy atom. The SMILES string of the molecule is CN(C(=O)c1ccc(Cl)c(-c2cnccc2C(F)(F)F)c1)c1ccccc1OCCC(=O)NCCNC(=O)OC(C)(C)C. The van der Waals surface area contributed by atoms with E-state index in [4.69, 9.17) is 21.1 Å². The molecular weight excluding hydrogens is 589 g/mol. The summed E-state index contributed by atoms with van der Waals surface area (Å²) in [6.07, 6.45) is -3.14. The Balaban J connectivity index is 1.64. The largest absolute Gasteiger partial charge is 0.491 e. The van der Waals surface area contributed by atoms with Gasteiger partial charge >= 0.3 is 12.3 Å². The minimum Gasteiger partial charge on any atom is -0.491 e. The minimum atomic E-state index is -4.65. The number of amides is 3. The topological polar surface area (TPSA) is 110 Å². The van der Waals surface area contributed by atoms with Gasteiger partial charge in [-0.15, -0.1) is 0 Å². The first-order valence-electron chi connectivity index (χ1n) is 13.2. The molecule has 0 aliphatic rings. The van der Waals surface area contributed by atoms with Crippen LogP contribution in [0.4, 0.5) is 23.7 Å². The van der Waals surface area contributed by atoms with E-state index in [1.165, 1.54) is 30.1 Å². The Morgan fingerprint density at radius 2 is 1.67 bits per heavy atom. The van der Waals surface area contributed by atoms with Gasteiger partial charge < -0.3 is 25.0 Å². The van der Waals surface area contributed by atoms with Crippen LogP contribution in [0.15, 0.2) is 60.9 Å². The Morgan fingerprint density at radius 1 is 0.977 bits per heavy atom. The van der Waals surface area contributed by atoms with Gasteiger partial charge in [-0.2, -0.15) is 13.2 Å². The van der Waals surface area contributed by atoms with Gasteiger partial charge in [-0.05, 0) is 57.2 Å². The van der Waals surface area contributed by atoms with Gasteiger partial charge in [0.15, 0.2) is 0 Å². The van der Waals surface area contributed by atoms with Crippen molar-refractivity contribution >= 4 is 35.2 Å². The first-order valence-corrected chi connectivity index (χ1v) is 13.6. The molecule has 43 heavy (non-hydrogen) atoms. The first kappa shape index (κ1) is 33.2. The lowest BCUT2D eigenvalue weighted by Gasteiger charge is -2.21. The summed E-state index contributed by atoms with van der Waals surface area (Å²) in [6, 6.07) is 11.6. The van der Waals surface area contributed by atoms with Gasteiger partial charge in [0.1, 0.15) is 11.4 Å². The second kappa shape index (κ2) is 14.2. The van der Waals surface area contributed by atoms with Crippen LogP contribution in [-0.4, -0.2) is 55.2 Å². The number of hydrogen-bond acceptors (Lipinski definition) is 6. The fraction of sp³-hybridized carbons (Fsp3) is 0.333. The molecule has 0 saturated heterocycles. The zero-order valence-corrected chi connectivity index (χ0v) is 24.8. The van der Waals surface area contributed by atoms with Gasteiger partial charge in [-0.3, -0.25) is 14.6 Å². The van der Waals surface area contributed by atoms with Crippen molar-refractivity contribution in [2.45, 2.75) is 39.0 Å². The van der Waals surface area contributed by atoms with Crippen LogP contribution in [0, 0.1) is 0 Å².